The van der Waals surface area contributed by atoms with Crippen LogP contribution in [0, 0.1) is 6.92 Å². The minimum absolute atomic E-state index is 0.0132. The highest BCUT2D eigenvalue weighted by atomic mass is 35.5. The Kier molecular flexibility index (Phi) is 5.59. The zero-order valence-corrected chi connectivity index (χ0v) is 18.0. The number of ether oxygens (including phenoxy) is 1. The van der Waals surface area contributed by atoms with Crippen LogP contribution in [-0.4, -0.2) is 14.4 Å². The summed E-state index contributed by atoms with van der Waals surface area (Å²) >= 11 is 12.4. The molecule has 3 aromatic rings. The van der Waals surface area contributed by atoms with Gasteiger partial charge in [-0.1, -0.05) is 65.2 Å². The van der Waals surface area contributed by atoms with Gasteiger partial charge in [-0.2, -0.15) is 8.42 Å². The van der Waals surface area contributed by atoms with Crippen molar-refractivity contribution in [1.82, 2.24) is 0 Å². The number of hydrogen-bond donors (Lipinski definition) is 0. The Morgan fingerprint density at radius 3 is 2.40 bits per heavy atom. The van der Waals surface area contributed by atoms with Crippen LogP contribution in [0.3, 0.4) is 0 Å². The normalized spacial score (nSPS) is 16.8. The molecule has 0 saturated carbocycles. The number of esters is 1. The SMILES string of the molecule is Cc1ccc(S(=O)(=O)O[C@H](c2ccc(Cl)cc2Cl)[C@H]2OC(=O)c3ccccc32)cc1. The van der Waals surface area contributed by atoms with Crippen molar-refractivity contribution < 1.29 is 22.1 Å². The Bertz CT molecular complexity index is 1220. The molecule has 5 nitrogen and oxygen atoms in total. The third kappa shape index (κ3) is 3.96. The first-order valence-corrected chi connectivity index (χ1v) is 11.2. The first-order valence-electron chi connectivity index (χ1n) is 9.01. The van der Waals surface area contributed by atoms with E-state index in [9.17, 15) is 13.2 Å². The molecule has 30 heavy (non-hydrogen) atoms. The number of fused-ring (bicyclic) bond motifs is 1. The summed E-state index contributed by atoms with van der Waals surface area (Å²) in [4.78, 5) is 12.3. The second kappa shape index (κ2) is 8.04. The van der Waals surface area contributed by atoms with E-state index in [0.29, 0.717) is 21.7 Å². The smallest absolute Gasteiger partial charge is 0.339 e. The quantitative estimate of drug-likeness (QED) is 0.361. The van der Waals surface area contributed by atoms with E-state index in [-0.39, 0.29) is 9.92 Å². The van der Waals surface area contributed by atoms with Crippen molar-refractivity contribution in [2.24, 2.45) is 0 Å². The second-order valence-electron chi connectivity index (χ2n) is 6.86. The molecule has 4 rings (SSSR count). The van der Waals surface area contributed by atoms with E-state index in [1.807, 2.05) is 6.92 Å². The number of halogens is 2. The van der Waals surface area contributed by atoms with Crippen molar-refractivity contribution in [1.29, 1.82) is 0 Å². The third-order valence-corrected chi connectivity index (χ3v) is 6.68. The minimum Gasteiger partial charge on any atom is -0.451 e. The fraction of sp³-hybridized carbons (Fsp3) is 0.136. The molecule has 0 bridgehead atoms. The van der Waals surface area contributed by atoms with Crippen molar-refractivity contribution in [3.8, 4) is 0 Å². The van der Waals surface area contributed by atoms with E-state index in [4.69, 9.17) is 32.1 Å². The Hall–Kier alpha value is -2.38. The van der Waals surface area contributed by atoms with Gasteiger partial charge in [0.25, 0.3) is 10.1 Å². The summed E-state index contributed by atoms with van der Waals surface area (Å²) in [5, 5.41) is 0.583. The lowest BCUT2D eigenvalue weighted by Crippen LogP contribution is -2.20. The Balaban J connectivity index is 1.81. The molecule has 3 aromatic carbocycles. The Morgan fingerprint density at radius 1 is 1.00 bits per heavy atom. The maximum Gasteiger partial charge on any atom is 0.339 e. The van der Waals surface area contributed by atoms with E-state index >= 15 is 0 Å². The van der Waals surface area contributed by atoms with Gasteiger partial charge in [-0.05, 0) is 37.3 Å². The molecule has 0 aromatic heterocycles. The molecule has 0 radical (unpaired) electrons. The molecule has 0 aliphatic carbocycles. The first kappa shape index (κ1) is 20.9. The van der Waals surface area contributed by atoms with Crippen molar-refractivity contribution in [2.45, 2.75) is 24.0 Å². The zero-order chi connectivity index (χ0) is 21.5. The number of benzene rings is 3. The lowest BCUT2D eigenvalue weighted by Gasteiger charge is -2.24. The summed E-state index contributed by atoms with van der Waals surface area (Å²) in [5.41, 5.74) is 2.13. The van der Waals surface area contributed by atoms with Crippen molar-refractivity contribution in [2.75, 3.05) is 0 Å². The minimum atomic E-state index is -4.19. The summed E-state index contributed by atoms with van der Waals surface area (Å²) < 4.78 is 37.2. The van der Waals surface area contributed by atoms with Gasteiger partial charge in [-0.15, -0.1) is 0 Å². The topological polar surface area (TPSA) is 69.7 Å². The van der Waals surface area contributed by atoms with Crippen LogP contribution < -0.4 is 0 Å². The van der Waals surface area contributed by atoms with E-state index in [0.717, 1.165) is 5.56 Å². The van der Waals surface area contributed by atoms with Gasteiger partial charge in [0.05, 0.1) is 10.5 Å². The maximum atomic E-state index is 13.0. The summed E-state index contributed by atoms with van der Waals surface area (Å²) in [6.07, 6.45) is -2.19. The number of carbonyl (C=O) groups excluding carboxylic acids is 1. The fourth-order valence-electron chi connectivity index (χ4n) is 3.29. The summed E-state index contributed by atoms with van der Waals surface area (Å²) in [6.45, 7) is 1.85. The van der Waals surface area contributed by atoms with E-state index < -0.39 is 28.3 Å². The van der Waals surface area contributed by atoms with Gasteiger partial charge in [0.2, 0.25) is 0 Å². The molecular formula is C22H16Cl2O5S. The third-order valence-electron chi connectivity index (χ3n) is 4.81. The Morgan fingerprint density at radius 2 is 1.70 bits per heavy atom. The molecule has 1 aliphatic rings. The number of rotatable bonds is 5. The molecule has 0 spiro atoms. The predicted molar refractivity (Wildman–Crippen MR) is 113 cm³/mol. The van der Waals surface area contributed by atoms with Crippen LogP contribution in [0.2, 0.25) is 10.0 Å². The van der Waals surface area contributed by atoms with Gasteiger partial charge >= 0.3 is 5.97 Å². The lowest BCUT2D eigenvalue weighted by atomic mass is 9.97. The molecule has 1 heterocycles. The van der Waals surface area contributed by atoms with E-state index in [2.05, 4.69) is 0 Å². The molecule has 0 saturated heterocycles. The van der Waals surface area contributed by atoms with Crippen LogP contribution in [0.4, 0.5) is 0 Å². The number of aryl methyl sites for hydroxylation is 1. The molecule has 154 valence electrons. The van der Waals surface area contributed by atoms with Crippen molar-refractivity contribution in [3.63, 3.8) is 0 Å². The van der Waals surface area contributed by atoms with Crippen molar-refractivity contribution in [3.05, 3.63) is 99.0 Å². The predicted octanol–water partition coefficient (Wildman–Crippen LogP) is 5.66. The summed E-state index contributed by atoms with van der Waals surface area (Å²) in [6, 6.07) is 17.6. The molecule has 8 heteroatoms. The number of cyclic esters (lactones) is 1. The largest absolute Gasteiger partial charge is 0.451 e. The molecule has 0 unspecified atom stereocenters. The standard InChI is InChI=1S/C22H16Cl2O5S/c1-13-6-9-15(10-7-13)30(26,27)29-21(18-11-8-14(23)12-19(18)24)20-16-4-2-3-5-17(16)22(25)28-20/h2-12,20-21H,1H3/t20-,21+/m0/s1. The van der Waals surface area contributed by atoms with Gasteiger partial charge in [0.1, 0.15) is 6.10 Å². The van der Waals surface area contributed by atoms with E-state index in [1.54, 1.807) is 48.5 Å². The monoisotopic (exact) mass is 462 g/mol. The van der Waals surface area contributed by atoms with Crippen molar-refractivity contribution >= 4 is 39.3 Å². The van der Waals surface area contributed by atoms with E-state index in [1.165, 1.54) is 18.2 Å². The molecule has 0 fully saturated rings. The van der Waals surface area contributed by atoms with Crippen LogP contribution in [0.5, 0.6) is 0 Å². The zero-order valence-electron chi connectivity index (χ0n) is 15.7. The highest BCUT2D eigenvalue weighted by Crippen LogP contribution is 2.45. The van der Waals surface area contributed by atoms with Gasteiger partial charge < -0.3 is 4.74 Å². The van der Waals surface area contributed by atoms with Crippen LogP contribution in [0.15, 0.2) is 71.6 Å². The van der Waals surface area contributed by atoms with Gasteiger partial charge in [0.15, 0.2) is 6.10 Å². The molecule has 0 N–H and O–H groups in total. The lowest BCUT2D eigenvalue weighted by molar-refractivity contribution is 0.000810. The molecule has 2 atom stereocenters. The van der Waals surface area contributed by atoms with Crippen LogP contribution in [0.1, 0.15) is 39.3 Å². The van der Waals surface area contributed by atoms with Crippen LogP contribution in [0.25, 0.3) is 0 Å². The highest BCUT2D eigenvalue weighted by Gasteiger charge is 2.41. The van der Waals surface area contributed by atoms with Gasteiger partial charge in [-0.3, -0.25) is 4.18 Å². The second-order valence-corrected chi connectivity index (χ2v) is 9.28. The molecule has 1 aliphatic heterocycles. The number of carbonyl (C=O) groups is 1. The van der Waals surface area contributed by atoms with Crippen LogP contribution >= 0.6 is 23.2 Å². The maximum absolute atomic E-state index is 13.0. The average Bonchev–Trinajstić information content (AvgIpc) is 3.04. The summed E-state index contributed by atoms with van der Waals surface area (Å²) in [7, 11) is -4.19. The Labute approximate surface area is 184 Å². The fourth-order valence-corrected chi connectivity index (χ4v) is 4.87. The first-order chi connectivity index (χ1) is 14.3. The molecule has 0 amide bonds. The molecular weight excluding hydrogens is 447 g/mol. The van der Waals surface area contributed by atoms with Gasteiger partial charge in [-0.25, -0.2) is 4.79 Å². The average molecular weight is 463 g/mol. The van der Waals surface area contributed by atoms with Crippen LogP contribution in [-0.2, 0) is 19.0 Å². The number of hydrogen-bond acceptors (Lipinski definition) is 5. The summed E-state index contributed by atoms with van der Waals surface area (Å²) in [5.74, 6) is -0.554. The van der Waals surface area contributed by atoms with Gasteiger partial charge in [0, 0.05) is 21.2 Å². The highest BCUT2D eigenvalue weighted by molar-refractivity contribution is 7.86.